The third kappa shape index (κ3) is 3.61. The third-order valence-electron chi connectivity index (χ3n) is 3.64. The molecule has 1 heterocycles. The Labute approximate surface area is 114 Å². The molecular formula is C15H23NO3. The summed E-state index contributed by atoms with van der Waals surface area (Å²) in [5, 5.41) is 0. The van der Waals surface area contributed by atoms with Crippen LogP contribution < -0.4 is 15.2 Å². The first-order valence-electron chi connectivity index (χ1n) is 6.87. The van der Waals surface area contributed by atoms with Crippen LogP contribution in [0.5, 0.6) is 11.5 Å². The summed E-state index contributed by atoms with van der Waals surface area (Å²) in [5.74, 6) is 1.93. The first-order chi connectivity index (χ1) is 9.24. The highest BCUT2D eigenvalue weighted by Gasteiger charge is 2.23. The number of hydrogen-bond donors (Lipinski definition) is 1. The lowest BCUT2D eigenvalue weighted by Crippen LogP contribution is -2.36. The lowest BCUT2D eigenvalue weighted by molar-refractivity contribution is 0.169. The van der Waals surface area contributed by atoms with Crippen LogP contribution in [-0.2, 0) is 11.2 Å². The van der Waals surface area contributed by atoms with Crippen LogP contribution in [-0.4, -0.2) is 33.0 Å². The normalized spacial score (nSPS) is 20.3. The van der Waals surface area contributed by atoms with E-state index in [1.54, 1.807) is 7.11 Å². The topological polar surface area (TPSA) is 53.7 Å². The monoisotopic (exact) mass is 265 g/mol. The van der Waals surface area contributed by atoms with Gasteiger partial charge in [0.2, 0.25) is 0 Å². The zero-order valence-corrected chi connectivity index (χ0v) is 11.7. The van der Waals surface area contributed by atoms with Crippen molar-refractivity contribution in [2.75, 3.05) is 26.9 Å². The van der Waals surface area contributed by atoms with E-state index in [0.29, 0.717) is 12.5 Å². The minimum Gasteiger partial charge on any atom is -0.493 e. The quantitative estimate of drug-likeness (QED) is 0.854. The highest BCUT2D eigenvalue weighted by Crippen LogP contribution is 2.28. The Bertz CT molecular complexity index is 402. The zero-order valence-electron chi connectivity index (χ0n) is 11.7. The summed E-state index contributed by atoms with van der Waals surface area (Å²) in [6, 6.07) is 6.04. The molecule has 1 aromatic carbocycles. The molecule has 0 bridgehead atoms. The van der Waals surface area contributed by atoms with Crippen LogP contribution in [0.2, 0.25) is 0 Å². The summed E-state index contributed by atoms with van der Waals surface area (Å²) in [6.07, 6.45) is 2.01. The molecule has 0 aromatic heterocycles. The lowest BCUT2D eigenvalue weighted by atomic mass is 10.0. The fourth-order valence-corrected chi connectivity index (χ4v) is 2.26. The van der Waals surface area contributed by atoms with Gasteiger partial charge >= 0.3 is 0 Å². The fourth-order valence-electron chi connectivity index (χ4n) is 2.26. The lowest BCUT2D eigenvalue weighted by Gasteiger charge is -2.19. The molecule has 1 aliphatic rings. The molecule has 1 saturated heterocycles. The van der Waals surface area contributed by atoms with E-state index < -0.39 is 0 Å². The molecule has 0 saturated carbocycles. The standard InChI is InChI=1S/C15H23NO3/c1-3-11-4-5-14(15(8-11)17-2)19-10-13(16)12-6-7-18-9-12/h4-5,8,12-13H,3,6-7,9-10,16H2,1-2H3. The van der Waals surface area contributed by atoms with Crippen LogP contribution in [0.15, 0.2) is 18.2 Å². The molecule has 1 fully saturated rings. The fraction of sp³-hybridized carbons (Fsp3) is 0.600. The second kappa shape index (κ2) is 6.78. The Hall–Kier alpha value is -1.26. The molecule has 106 valence electrons. The highest BCUT2D eigenvalue weighted by atomic mass is 16.5. The molecule has 4 heteroatoms. The molecular weight excluding hydrogens is 242 g/mol. The van der Waals surface area contributed by atoms with Crippen LogP contribution in [0.25, 0.3) is 0 Å². The van der Waals surface area contributed by atoms with Crippen LogP contribution in [0, 0.1) is 5.92 Å². The number of ether oxygens (including phenoxy) is 3. The number of benzene rings is 1. The molecule has 2 unspecified atom stereocenters. The Morgan fingerprint density at radius 3 is 2.89 bits per heavy atom. The number of methoxy groups -OCH3 is 1. The molecule has 0 aliphatic carbocycles. The molecule has 4 nitrogen and oxygen atoms in total. The van der Waals surface area contributed by atoms with Crippen LogP contribution in [0.1, 0.15) is 18.9 Å². The minimum atomic E-state index is 0.0121. The van der Waals surface area contributed by atoms with Gasteiger partial charge in [0, 0.05) is 18.6 Å². The van der Waals surface area contributed by atoms with Crippen molar-refractivity contribution in [1.82, 2.24) is 0 Å². The van der Waals surface area contributed by atoms with E-state index in [9.17, 15) is 0 Å². The van der Waals surface area contributed by atoms with Gasteiger partial charge in [-0.2, -0.15) is 0 Å². The number of hydrogen-bond acceptors (Lipinski definition) is 4. The summed E-state index contributed by atoms with van der Waals surface area (Å²) < 4.78 is 16.5. The Morgan fingerprint density at radius 2 is 2.26 bits per heavy atom. The van der Waals surface area contributed by atoms with E-state index >= 15 is 0 Å². The summed E-state index contributed by atoms with van der Waals surface area (Å²) in [5.41, 5.74) is 7.36. The minimum absolute atomic E-state index is 0.0121. The van der Waals surface area contributed by atoms with Crippen molar-refractivity contribution < 1.29 is 14.2 Å². The summed E-state index contributed by atoms with van der Waals surface area (Å²) >= 11 is 0. The highest BCUT2D eigenvalue weighted by molar-refractivity contribution is 5.42. The van der Waals surface area contributed by atoms with E-state index in [1.807, 2.05) is 12.1 Å². The van der Waals surface area contributed by atoms with Gasteiger partial charge in [-0.3, -0.25) is 0 Å². The largest absolute Gasteiger partial charge is 0.493 e. The second-order valence-electron chi connectivity index (χ2n) is 4.94. The maximum atomic E-state index is 6.13. The molecule has 0 radical (unpaired) electrons. The van der Waals surface area contributed by atoms with E-state index in [4.69, 9.17) is 19.9 Å². The van der Waals surface area contributed by atoms with Gasteiger partial charge < -0.3 is 19.9 Å². The van der Waals surface area contributed by atoms with E-state index in [-0.39, 0.29) is 6.04 Å². The van der Waals surface area contributed by atoms with Crippen molar-refractivity contribution in [2.24, 2.45) is 11.7 Å². The van der Waals surface area contributed by atoms with Gasteiger partial charge in [-0.15, -0.1) is 0 Å². The molecule has 2 atom stereocenters. The number of aryl methyl sites for hydroxylation is 1. The van der Waals surface area contributed by atoms with Gasteiger partial charge in [-0.25, -0.2) is 0 Å². The summed E-state index contributed by atoms with van der Waals surface area (Å²) in [6.45, 7) is 4.17. The van der Waals surface area contributed by atoms with E-state index in [0.717, 1.165) is 37.6 Å². The molecule has 0 spiro atoms. The van der Waals surface area contributed by atoms with E-state index in [1.165, 1.54) is 5.56 Å². The summed E-state index contributed by atoms with van der Waals surface area (Å²) in [7, 11) is 1.66. The molecule has 19 heavy (non-hydrogen) atoms. The summed E-state index contributed by atoms with van der Waals surface area (Å²) in [4.78, 5) is 0. The van der Waals surface area contributed by atoms with E-state index in [2.05, 4.69) is 13.0 Å². The smallest absolute Gasteiger partial charge is 0.161 e. The average molecular weight is 265 g/mol. The zero-order chi connectivity index (χ0) is 13.7. The second-order valence-corrected chi connectivity index (χ2v) is 4.94. The average Bonchev–Trinajstić information content (AvgIpc) is 2.98. The van der Waals surface area contributed by atoms with Crippen LogP contribution >= 0.6 is 0 Å². The van der Waals surface area contributed by atoms with Gasteiger partial charge in [0.25, 0.3) is 0 Å². The third-order valence-corrected chi connectivity index (χ3v) is 3.64. The Balaban J connectivity index is 1.94. The van der Waals surface area contributed by atoms with Crippen molar-refractivity contribution in [2.45, 2.75) is 25.8 Å². The van der Waals surface area contributed by atoms with Gasteiger partial charge in [0.1, 0.15) is 6.61 Å². The van der Waals surface area contributed by atoms with Crippen molar-refractivity contribution >= 4 is 0 Å². The number of nitrogens with two attached hydrogens (primary N) is 1. The first kappa shape index (κ1) is 14.2. The maximum absolute atomic E-state index is 6.13. The molecule has 2 rings (SSSR count). The van der Waals surface area contributed by atoms with Gasteiger partial charge in [0.15, 0.2) is 11.5 Å². The predicted octanol–water partition coefficient (Wildman–Crippen LogP) is 2.00. The van der Waals surface area contributed by atoms with Gasteiger partial charge in [-0.05, 0) is 30.5 Å². The van der Waals surface area contributed by atoms with Crippen LogP contribution in [0.4, 0.5) is 0 Å². The van der Waals surface area contributed by atoms with Crippen molar-refractivity contribution in [3.63, 3.8) is 0 Å². The molecule has 1 aliphatic heterocycles. The SMILES string of the molecule is CCc1ccc(OCC(N)C2CCOC2)c(OC)c1. The first-order valence-corrected chi connectivity index (χ1v) is 6.87. The van der Waals surface area contributed by atoms with Gasteiger partial charge in [0.05, 0.1) is 13.7 Å². The predicted molar refractivity (Wildman–Crippen MR) is 74.8 cm³/mol. The van der Waals surface area contributed by atoms with Crippen molar-refractivity contribution in [3.05, 3.63) is 23.8 Å². The van der Waals surface area contributed by atoms with Crippen LogP contribution in [0.3, 0.4) is 0 Å². The molecule has 1 aromatic rings. The molecule has 2 N–H and O–H groups in total. The van der Waals surface area contributed by atoms with Crippen molar-refractivity contribution in [3.8, 4) is 11.5 Å². The van der Waals surface area contributed by atoms with Crippen molar-refractivity contribution in [1.29, 1.82) is 0 Å². The maximum Gasteiger partial charge on any atom is 0.161 e. The Kier molecular flexibility index (Phi) is 5.05. The number of rotatable bonds is 6. The molecule has 0 amide bonds. The van der Waals surface area contributed by atoms with Gasteiger partial charge in [-0.1, -0.05) is 13.0 Å². The Morgan fingerprint density at radius 1 is 1.42 bits per heavy atom.